The predicted molar refractivity (Wildman–Crippen MR) is 119 cm³/mol. The number of amides is 1. The summed E-state index contributed by atoms with van der Waals surface area (Å²) in [7, 11) is 4.68. The second-order valence-corrected chi connectivity index (χ2v) is 8.16. The van der Waals surface area contributed by atoms with E-state index in [4.69, 9.17) is 14.2 Å². The van der Waals surface area contributed by atoms with E-state index in [1.54, 1.807) is 21.3 Å². The first-order valence-electron chi connectivity index (χ1n) is 9.53. The van der Waals surface area contributed by atoms with Crippen LogP contribution in [0.15, 0.2) is 17.3 Å². The van der Waals surface area contributed by atoms with Crippen molar-refractivity contribution in [1.82, 2.24) is 25.0 Å². The van der Waals surface area contributed by atoms with Crippen LogP contribution in [0.5, 0.6) is 17.2 Å². The molecule has 0 fully saturated rings. The van der Waals surface area contributed by atoms with Gasteiger partial charge >= 0.3 is 0 Å². The zero-order valence-electron chi connectivity index (χ0n) is 18.0. The van der Waals surface area contributed by atoms with Crippen LogP contribution < -0.4 is 19.5 Å². The first-order valence-corrected chi connectivity index (χ1v) is 11.3. The number of nitrogens with one attached hydrogen (secondary N) is 1. The molecule has 3 aromatic rings. The van der Waals surface area contributed by atoms with Crippen LogP contribution in [-0.2, 0) is 17.8 Å². The van der Waals surface area contributed by atoms with Crippen LogP contribution >= 0.6 is 23.1 Å². The molecule has 0 spiro atoms. The lowest BCUT2D eigenvalue weighted by Crippen LogP contribution is -2.14. The zero-order valence-corrected chi connectivity index (χ0v) is 19.6. The lowest BCUT2D eigenvalue weighted by Gasteiger charge is -2.14. The fourth-order valence-corrected chi connectivity index (χ4v) is 4.33. The van der Waals surface area contributed by atoms with Crippen LogP contribution in [-0.4, -0.2) is 58.0 Å². The molecule has 0 bridgehead atoms. The molecule has 1 amide bonds. The minimum absolute atomic E-state index is 0.175. The lowest BCUT2D eigenvalue weighted by atomic mass is 10.1. The quantitative estimate of drug-likeness (QED) is 0.452. The lowest BCUT2D eigenvalue weighted by molar-refractivity contribution is -0.113. The van der Waals surface area contributed by atoms with Crippen LogP contribution in [0.1, 0.15) is 18.9 Å². The maximum absolute atomic E-state index is 12.3. The summed E-state index contributed by atoms with van der Waals surface area (Å²) >= 11 is 2.67. The molecular weight excluding hydrogens is 440 g/mol. The summed E-state index contributed by atoms with van der Waals surface area (Å²) in [6, 6.07) is 3.64. The summed E-state index contributed by atoms with van der Waals surface area (Å²) in [6.07, 6.45) is 0.783. The fraction of sp³-hybridized carbons (Fsp3) is 0.421. The minimum atomic E-state index is -0.177. The summed E-state index contributed by atoms with van der Waals surface area (Å²) in [5, 5.41) is 21.3. The van der Waals surface area contributed by atoms with Crippen LogP contribution in [0.4, 0.5) is 5.13 Å². The van der Waals surface area contributed by atoms with Crippen LogP contribution in [0, 0.1) is 0 Å². The van der Waals surface area contributed by atoms with Crippen molar-refractivity contribution in [3.8, 4) is 28.6 Å². The van der Waals surface area contributed by atoms with Gasteiger partial charge in [-0.15, -0.1) is 20.4 Å². The zero-order chi connectivity index (χ0) is 22.4. The van der Waals surface area contributed by atoms with Crippen molar-refractivity contribution in [3.63, 3.8) is 0 Å². The van der Waals surface area contributed by atoms with Crippen molar-refractivity contribution >= 4 is 34.1 Å². The molecule has 10 nitrogen and oxygen atoms in total. The van der Waals surface area contributed by atoms with E-state index in [0.717, 1.165) is 17.0 Å². The fourth-order valence-electron chi connectivity index (χ4n) is 2.84. The second-order valence-electron chi connectivity index (χ2n) is 6.16. The number of thioether (sulfide) groups is 1. The van der Waals surface area contributed by atoms with Crippen LogP contribution in [0.3, 0.4) is 0 Å². The average molecular weight is 465 g/mol. The number of anilines is 1. The Hall–Kier alpha value is -2.86. The number of carbonyl (C=O) groups is 1. The maximum Gasteiger partial charge on any atom is 0.236 e. The summed E-state index contributed by atoms with van der Waals surface area (Å²) in [6.45, 7) is 4.60. The van der Waals surface area contributed by atoms with E-state index in [1.807, 2.05) is 30.5 Å². The van der Waals surface area contributed by atoms with Gasteiger partial charge in [-0.3, -0.25) is 10.1 Å². The Labute approximate surface area is 188 Å². The molecule has 0 aliphatic carbocycles. The van der Waals surface area contributed by atoms with Crippen molar-refractivity contribution in [1.29, 1.82) is 0 Å². The van der Waals surface area contributed by atoms with E-state index < -0.39 is 0 Å². The smallest absolute Gasteiger partial charge is 0.236 e. The van der Waals surface area contributed by atoms with Gasteiger partial charge < -0.3 is 18.8 Å². The van der Waals surface area contributed by atoms with Crippen molar-refractivity contribution < 1.29 is 19.0 Å². The summed E-state index contributed by atoms with van der Waals surface area (Å²) in [4.78, 5) is 12.3. The van der Waals surface area contributed by atoms with Gasteiger partial charge in [-0.25, -0.2) is 0 Å². The highest BCUT2D eigenvalue weighted by Crippen LogP contribution is 2.41. The molecular formula is C19H24N6O4S2. The highest BCUT2D eigenvalue weighted by Gasteiger charge is 2.20. The van der Waals surface area contributed by atoms with Gasteiger partial charge in [-0.1, -0.05) is 30.0 Å². The number of aryl methyl sites for hydroxylation is 1. The first-order chi connectivity index (χ1) is 15.0. The van der Waals surface area contributed by atoms with E-state index >= 15 is 0 Å². The first kappa shape index (κ1) is 22.8. The van der Waals surface area contributed by atoms with Crippen molar-refractivity contribution in [2.24, 2.45) is 0 Å². The van der Waals surface area contributed by atoms with E-state index in [0.29, 0.717) is 39.9 Å². The predicted octanol–water partition coefficient (Wildman–Crippen LogP) is 3.14. The standard InChI is InChI=1S/C19H24N6O4S2/c1-6-15-21-23-18(31-15)20-14(26)10-30-19-24-22-17(25(19)7-2)11-8-12(27-3)16(29-5)13(9-11)28-4/h8-9H,6-7,10H2,1-5H3,(H,20,23,26). The molecule has 166 valence electrons. The highest BCUT2D eigenvalue weighted by molar-refractivity contribution is 7.99. The Morgan fingerprint density at radius 1 is 1.06 bits per heavy atom. The van der Waals surface area contributed by atoms with Crippen LogP contribution in [0.2, 0.25) is 0 Å². The Bertz CT molecular complexity index is 1030. The SMILES string of the molecule is CCc1nnc(NC(=O)CSc2nnc(-c3cc(OC)c(OC)c(OC)c3)n2CC)s1. The van der Waals surface area contributed by atoms with Crippen molar-refractivity contribution in [3.05, 3.63) is 17.1 Å². The molecule has 12 heteroatoms. The Morgan fingerprint density at radius 3 is 2.32 bits per heavy atom. The van der Waals surface area contributed by atoms with Gasteiger partial charge in [-0.2, -0.15) is 0 Å². The number of aromatic nitrogens is 5. The molecule has 0 aliphatic rings. The molecule has 0 aliphatic heterocycles. The summed E-state index contributed by atoms with van der Waals surface area (Å²) < 4.78 is 18.2. The minimum Gasteiger partial charge on any atom is -0.493 e. The van der Waals surface area contributed by atoms with Gasteiger partial charge in [0.25, 0.3) is 0 Å². The monoisotopic (exact) mass is 464 g/mol. The van der Waals surface area contributed by atoms with Gasteiger partial charge in [0.2, 0.25) is 16.8 Å². The Kier molecular flexibility index (Phi) is 7.69. The average Bonchev–Trinajstić information content (AvgIpc) is 3.42. The van der Waals surface area contributed by atoms with Crippen molar-refractivity contribution in [2.45, 2.75) is 32.0 Å². The number of carbonyl (C=O) groups excluding carboxylic acids is 1. The highest BCUT2D eigenvalue weighted by atomic mass is 32.2. The van der Waals surface area contributed by atoms with Gasteiger partial charge in [0, 0.05) is 12.1 Å². The van der Waals surface area contributed by atoms with Gasteiger partial charge in [0.15, 0.2) is 22.5 Å². The number of methoxy groups -OCH3 is 3. The number of ether oxygens (including phenoxy) is 3. The number of benzene rings is 1. The molecule has 0 saturated heterocycles. The topological polar surface area (TPSA) is 113 Å². The molecule has 1 N–H and O–H groups in total. The van der Waals surface area contributed by atoms with E-state index in [9.17, 15) is 4.79 Å². The van der Waals surface area contributed by atoms with Gasteiger partial charge in [-0.05, 0) is 25.5 Å². The molecule has 0 radical (unpaired) electrons. The van der Waals surface area contributed by atoms with Crippen molar-refractivity contribution in [2.75, 3.05) is 32.4 Å². The summed E-state index contributed by atoms with van der Waals surface area (Å²) in [5.74, 6) is 2.20. The third-order valence-corrected chi connectivity index (χ3v) is 6.25. The normalized spacial score (nSPS) is 10.7. The number of hydrogen-bond donors (Lipinski definition) is 1. The molecule has 0 atom stereocenters. The third kappa shape index (κ3) is 5.07. The third-order valence-electron chi connectivity index (χ3n) is 4.30. The van der Waals surface area contributed by atoms with Gasteiger partial charge in [0.1, 0.15) is 5.01 Å². The molecule has 0 saturated carbocycles. The Balaban J connectivity index is 1.78. The molecule has 1 aromatic carbocycles. The van der Waals surface area contributed by atoms with E-state index in [2.05, 4.69) is 25.7 Å². The molecule has 3 rings (SSSR count). The number of hydrogen-bond acceptors (Lipinski definition) is 10. The van der Waals surface area contributed by atoms with Gasteiger partial charge in [0.05, 0.1) is 27.1 Å². The molecule has 2 heterocycles. The molecule has 0 unspecified atom stereocenters. The number of nitrogens with zero attached hydrogens (tertiary/aromatic N) is 5. The van der Waals surface area contributed by atoms with E-state index in [-0.39, 0.29) is 11.7 Å². The Morgan fingerprint density at radius 2 is 1.77 bits per heavy atom. The molecule has 2 aromatic heterocycles. The molecule has 31 heavy (non-hydrogen) atoms. The van der Waals surface area contributed by atoms with Crippen LogP contribution in [0.25, 0.3) is 11.4 Å². The maximum atomic E-state index is 12.3. The second kappa shape index (κ2) is 10.4. The number of rotatable bonds is 10. The summed E-state index contributed by atoms with van der Waals surface area (Å²) in [5.41, 5.74) is 0.765. The largest absolute Gasteiger partial charge is 0.493 e. The van der Waals surface area contributed by atoms with E-state index in [1.165, 1.54) is 23.1 Å².